The van der Waals surface area contributed by atoms with Crippen LogP contribution in [0.4, 0.5) is 17.5 Å². The van der Waals surface area contributed by atoms with Crippen LogP contribution in [0.3, 0.4) is 0 Å². The standard InChI is InChI=1S/C24H27N5/c1-18-6-5-9-21(16-18)28-12-14-29(15-13-28)23-17-22(19-7-3-2-4-8-19)26-24(27-23)25-20-10-11-20/h2-9,16-17,20H,10-15H2,1H3,(H,25,26,27). The van der Waals surface area contributed by atoms with Crippen LogP contribution in [0.1, 0.15) is 18.4 Å². The predicted octanol–water partition coefficient (Wildman–Crippen LogP) is 4.35. The molecule has 0 unspecified atom stereocenters. The van der Waals surface area contributed by atoms with Crippen molar-refractivity contribution < 1.29 is 0 Å². The van der Waals surface area contributed by atoms with Crippen LogP contribution in [-0.2, 0) is 0 Å². The first-order chi connectivity index (χ1) is 14.2. The van der Waals surface area contributed by atoms with Gasteiger partial charge in [0, 0.05) is 49.5 Å². The summed E-state index contributed by atoms with van der Waals surface area (Å²) in [6.07, 6.45) is 2.42. The Balaban J connectivity index is 1.37. The van der Waals surface area contributed by atoms with Crippen LogP contribution in [0.25, 0.3) is 11.3 Å². The topological polar surface area (TPSA) is 44.3 Å². The Morgan fingerprint density at radius 3 is 2.31 bits per heavy atom. The van der Waals surface area contributed by atoms with Gasteiger partial charge in [-0.25, -0.2) is 4.98 Å². The van der Waals surface area contributed by atoms with E-state index in [1.807, 2.05) is 6.07 Å². The third kappa shape index (κ3) is 4.19. The molecular weight excluding hydrogens is 358 g/mol. The molecule has 2 fully saturated rings. The molecule has 0 atom stereocenters. The molecule has 148 valence electrons. The number of aryl methyl sites for hydroxylation is 1. The van der Waals surface area contributed by atoms with Crippen LogP contribution < -0.4 is 15.1 Å². The van der Waals surface area contributed by atoms with Crippen molar-refractivity contribution >= 4 is 17.5 Å². The van der Waals surface area contributed by atoms with E-state index in [-0.39, 0.29) is 0 Å². The third-order valence-electron chi connectivity index (χ3n) is 5.66. The fraction of sp³-hybridized carbons (Fsp3) is 0.333. The summed E-state index contributed by atoms with van der Waals surface area (Å²) >= 11 is 0. The largest absolute Gasteiger partial charge is 0.368 e. The van der Waals surface area contributed by atoms with Crippen molar-refractivity contribution in [1.29, 1.82) is 0 Å². The van der Waals surface area contributed by atoms with E-state index in [0.717, 1.165) is 49.2 Å². The number of aromatic nitrogens is 2. The minimum absolute atomic E-state index is 0.534. The molecule has 1 saturated carbocycles. The first kappa shape index (κ1) is 18.0. The highest BCUT2D eigenvalue weighted by atomic mass is 15.3. The zero-order valence-corrected chi connectivity index (χ0v) is 16.9. The second-order valence-electron chi connectivity index (χ2n) is 8.03. The molecule has 2 aliphatic rings. The number of nitrogens with one attached hydrogen (secondary N) is 1. The van der Waals surface area contributed by atoms with Crippen molar-refractivity contribution in [2.24, 2.45) is 0 Å². The van der Waals surface area contributed by atoms with Gasteiger partial charge < -0.3 is 15.1 Å². The summed E-state index contributed by atoms with van der Waals surface area (Å²) < 4.78 is 0. The molecular formula is C24H27N5. The zero-order chi connectivity index (χ0) is 19.6. The van der Waals surface area contributed by atoms with Gasteiger partial charge >= 0.3 is 0 Å². The average Bonchev–Trinajstić information content (AvgIpc) is 3.58. The summed E-state index contributed by atoms with van der Waals surface area (Å²) in [5.74, 6) is 1.77. The van der Waals surface area contributed by atoms with Crippen molar-refractivity contribution in [2.45, 2.75) is 25.8 Å². The fourth-order valence-corrected chi connectivity index (χ4v) is 3.85. The molecule has 5 nitrogen and oxygen atoms in total. The Morgan fingerprint density at radius 2 is 1.59 bits per heavy atom. The number of anilines is 3. The lowest BCUT2D eigenvalue weighted by atomic mass is 10.1. The molecule has 2 heterocycles. The molecule has 1 saturated heterocycles. The number of hydrogen-bond acceptors (Lipinski definition) is 5. The molecule has 2 aromatic carbocycles. The van der Waals surface area contributed by atoms with Crippen LogP contribution in [0.5, 0.6) is 0 Å². The van der Waals surface area contributed by atoms with Gasteiger partial charge in [0.05, 0.1) is 5.69 Å². The van der Waals surface area contributed by atoms with E-state index in [9.17, 15) is 0 Å². The molecule has 3 aromatic rings. The van der Waals surface area contributed by atoms with E-state index in [0.29, 0.717) is 6.04 Å². The van der Waals surface area contributed by atoms with Gasteiger partial charge in [-0.2, -0.15) is 4.98 Å². The maximum atomic E-state index is 4.86. The van der Waals surface area contributed by atoms with E-state index >= 15 is 0 Å². The Hall–Kier alpha value is -3.08. The smallest absolute Gasteiger partial charge is 0.225 e. The van der Waals surface area contributed by atoms with Crippen molar-refractivity contribution in [1.82, 2.24) is 9.97 Å². The van der Waals surface area contributed by atoms with E-state index in [1.165, 1.54) is 24.1 Å². The number of rotatable bonds is 5. The summed E-state index contributed by atoms with van der Waals surface area (Å²) in [6.45, 7) is 6.07. The highest BCUT2D eigenvalue weighted by molar-refractivity contribution is 5.65. The van der Waals surface area contributed by atoms with Gasteiger partial charge in [-0.05, 0) is 37.5 Å². The molecule has 29 heavy (non-hydrogen) atoms. The lowest BCUT2D eigenvalue weighted by molar-refractivity contribution is 0.647. The number of nitrogens with zero attached hydrogens (tertiary/aromatic N) is 4. The summed E-state index contributed by atoms with van der Waals surface area (Å²) in [5, 5.41) is 3.49. The zero-order valence-electron chi connectivity index (χ0n) is 16.9. The van der Waals surface area contributed by atoms with Crippen molar-refractivity contribution in [3.8, 4) is 11.3 Å². The van der Waals surface area contributed by atoms with Gasteiger partial charge in [0.25, 0.3) is 0 Å². The molecule has 0 spiro atoms. The Morgan fingerprint density at radius 1 is 0.828 bits per heavy atom. The van der Waals surface area contributed by atoms with Gasteiger partial charge in [0.15, 0.2) is 0 Å². The Labute approximate surface area is 172 Å². The van der Waals surface area contributed by atoms with Crippen molar-refractivity contribution in [3.05, 3.63) is 66.2 Å². The van der Waals surface area contributed by atoms with Crippen LogP contribution in [0.2, 0.25) is 0 Å². The van der Waals surface area contributed by atoms with E-state index in [2.05, 4.69) is 76.6 Å². The van der Waals surface area contributed by atoms with E-state index in [4.69, 9.17) is 9.97 Å². The lowest BCUT2D eigenvalue weighted by Gasteiger charge is -2.37. The number of piperazine rings is 1. The molecule has 5 rings (SSSR count). The molecule has 0 amide bonds. The van der Waals surface area contributed by atoms with Gasteiger partial charge in [-0.3, -0.25) is 0 Å². The summed E-state index contributed by atoms with van der Waals surface area (Å²) in [4.78, 5) is 14.5. The fourth-order valence-electron chi connectivity index (χ4n) is 3.85. The molecule has 0 radical (unpaired) electrons. The molecule has 1 N–H and O–H groups in total. The maximum absolute atomic E-state index is 4.86. The summed E-state index contributed by atoms with van der Waals surface area (Å²) in [7, 11) is 0. The monoisotopic (exact) mass is 385 g/mol. The van der Waals surface area contributed by atoms with Gasteiger partial charge in [-0.1, -0.05) is 42.5 Å². The highest BCUT2D eigenvalue weighted by Gasteiger charge is 2.24. The molecule has 5 heteroatoms. The van der Waals surface area contributed by atoms with Gasteiger partial charge in [0.2, 0.25) is 5.95 Å². The highest BCUT2D eigenvalue weighted by Crippen LogP contribution is 2.28. The Kier molecular flexibility index (Phi) is 4.80. The maximum Gasteiger partial charge on any atom is 0.225 e. The average molecular weight is 386 g/mol. The molecule has 0 bridgehead atoms. The third-order valence-corrected chi connectivity index (χ3v) is 5.66. The number of benzene rings is 2. The van der Waals surface area contributed by atoms with E-state index in [1.54, 1.807) is 0 Å². The predicted molar refractivity (Wildman–Crippen MR) is 120 cm³/mol. The quantitative estimate of drug-likeness (QED) is 0.707. The van der Waals surface area contributed by atoms with Crippen molar-refractivity contribution in [2.75, 3.05) is 41.3 Å². The second kappa shape index (κ2) is 7.74. The summed E-state index contributed by atoms with van der Waals surface area (Å²) in [5.41, 5.74) is 4.74. The van der Waals surface area contributed by atoms with Crippen LogP contribution in [-0.4, -0.2) is 42.2 Å². The van der Waals surface area contributed by atoms with Gasteiger partial charge in [0.1, 0.15) is 5.82 Å². The minimum Gasteiger partial charge on any atom is -0.368 e. The van der Waals surface area contributed by atoms with Crippen molar-refractivity contribution in [3.63, 3.8) is 0 Å². The first-order valence-corrected chi connectivity index (χ1v) is 10.5. The Bertz CT molecular complexity index is 976. The SMILES string of the molecule is Cc1cccc(N2CCN(c3cc(-c4ccccc4)nc(NC4CC4)n3)CC2)c1. The van der Waals surface area contributed by atoms with E-state index < -0.39 is 0 Å². The lowest BCUT2D eigenvalue weighted by Crippen LogP contribution is -2.47. The first-order valence-electron chi connectivity index (χ1n) is 10.5. The van der Waals surface area contributed by atoms with Gasteiger partial charge in [-0.15, -0.1) is 0 Å². The van der Waals surface area contributed by atoms with Crippen LogP contribution in [0, 0.1) is 6.92 Å². The van der Waals surface area contributed by atoms with Crippen LogP contribution in [0.15, 0.2) is 60.7 Å². The molecule has 1 aromatic heterocycles. The minimum atomic E-state index is 0.534. The molecule has 1 aliphatic carbocycles. The normalized spacial score (nSPS) is 16.7. The second-order valence-corrected chi connectivity index (χ2v) is 8.03. The number of hydrogen-bond donors (Lipinski definition) is 1. The summed E-state index contributed by atoms with van der Waals surface area (Å²) in [6, 6.07) is 21.8. The molecule has 1 aliphatic heterocycles. The van der Waals surface area contributed by atoms with Crippen LogP contribution >= 0.6 is 0 Å².